The Balaban J connectivity index is 2.13. The lowest BCUT2D eigenvalue weighted by Crippen LogP contribution is -2.10. The standard InChI is InChI=1S/C16H17N3O/c1-11(2)19-10-18-9-15(19)16(20)14-8-17-7-12-5-3-4-6-13(12)14/h3-11,16,20H,1-2H3. The third kappa shape index (κ3) is 2.08. The number of aliphatic hydroxyl groups is 1. The number of benzene rings is 1. The molecule has 2 aromatic heterocycles. The molecule has 1 N–H and O–H groups in total. The molecule has 0 aliphatic carbocycles. The van der Waals surface area contributed by atoms with E-state index < -0.39 is 6.10 Å². The summed E-state index contributed by atoms with van der Waals surface area (Å²) in [7, 11) is 0. The first kappa shape index (κ1) is 12.8. The van der Waals surface area contributed by atoms with Crippen LogP contribution in [0.1, 0.15) is 37.3 Å². The number of aromatic nitrogens is 3. The van der Waals surface area contributed by atoms with Gasteiger partial charge >= 0.3 is 0 Å². The molecule has 1 unspecified atom stereocenters. The van der Waals surface area contributed by atoms with Crippen molar-refractivity contribution in [3.63, 3.8) is 0 Å². The summed E-state index contributed by atoms with van der Waals surface area (Å²) < 4.78 is 1.98. The van der Waals surface area contributed by atoms with Crippen LogP contribution in [0.25, 0.3) is 10.8 Å². The van der Waals surface area contributed by atoms with Crippen molar-refractivity contribution in [2.75, 3.05) is 0 Å². The van der Waals surface area contributed by atoms with Gasteiger partial charge in [0.05, 0.1) is 18.2 Å². The molecule has 4 nitrogen and oxygen atoms in total. The van der Waals surface area contributed by atoms with Crippen LogP contribution in [-0.2, 0) is 0 Å². The molecule has 2 heterocycles. The monoisotopic (exact) mass is 267 g/mol. The van der Waals surface area contributed by atoms with Crippen molar-refractivity contribution in [2.24, 2.45) is 0 Å². The quantitative estimate of drug-likeness (QED) is 0.793. The maximum Gasteiger partial charge on any atom is 0.123 e. The highest BCUT2D eigenvalue weighted by atomic mass is 16.3. The Labute approximate surface area is 117 Å². The SMILES string of the molecule is CC(C)n1cncc1C(O)c1cncc2ccccc12. The van der Waals surface area contributed by atoms with E-state index in [1.807, 2.05) is 35.0 Å². The van der Waals surface area contributed by atoms with Crippen LogP contribution in [-0.4, -0.2) is 19.6 Å². The second-order valence-electron chi connectivity index (χ2n) is 5.17. The lowest BCUT2D eigenvalue weighted by atomic mass is 10.0. The third-order valence-electron chi connectivity index (χ3n) is 3.53. The molecule has 0 radical (unpaired) electrons. The van der Waals surface area contributed by atoms with Gasteiger partial charge in [0.1, 0.15) is 6.10 Å². The molecule has 20 heavy (non-hydrogen) atoms. The molecule has 0 bridgehead atoms. The predicted molar refractivity (Wildman–Crippen MR) is 78.4 cm³/mol. The summed E-state index contributed by atoms with van der Waals surface area (Å²) in [5, 5.41) is 12.8. The molecule has 0 amide bonds. The van der Waals surface area contributed by atoms with Crippen molar-refractivity contribution in [1.82, 2.24) is 14.5 Å². The van der Waals surface area contributed by atoms with Gasteiger partial charge in [-0.3, -0.25) is 4.98 Å². The summed E-state index contributed by atoms with van der Waals surface area (Å²) in [5.74, 6) is 0. The number of fused-ring (bicyclic) bond motifs is 1. The number of pyridine rings is 1. The number of nitrogens with zero attached hydrogens (tertiary/aromatic N) is 3. The highest BCUT2D eigenvalue weighted by molar-refractivity contribution is 5.85. The summed E-state index contributed by atoms with van der Waals surface area (Å²) in [5.41, 5.74) is 1.60. The summed E-state index contributed by atoms with van der Waals surface area (Å²) in [6.07, 6.45) is 6.28. The first-order valence-electron chi connectivity index (χ1n) is 6.71. The fourth-order valence-corrected chi connectivity index (χ4v) is 2.48. The lowest BCUT2D eigenvalue weighted by molar-refractivity contribution is 0.209. The number of hydrogen-bond donors (Lipinski definition) is 1. The third-order valence-corrected chi connectivity index (χ3v) is 3.53. The van der Waals surface area contributed by atoms with Crippen LogP contribution < -0.4 is 0 Å². The van der Waals surface area contributed by atoms with Crippen molar-refractivity contribution < 1.29 is 5.11 Å². The minimum absolute atomic E-state index is 0.255. The van der Waals surface area contributed by atoms with E-state index in [0.29, 0.717) is 0 Å². The lowest BCUT2D eigenvalue weighted by Gasteiger charge is -2.17. The largest absolute Gasteiger partial charge is 0.382 e. The Morgan fingerprint density at radius 3 is 2.65 bits per heavy atom. The van der Waals surface area contributed by atoms with Crippen LogP contribution in [0, 0.1) is 0 Å². The van der Waals surface area contributed by atoms with Gasteiger partial charge in [0.25, 0.3) is 0 Å². The van der Waals surface area contributed by atoms with E-state index in [4.69, 9.17) is 0 Å². The van der Waals surface area contributed by atoms with E-state index in [0.717, 1.165) is 22.0 Å². The zero-order chi connectivity index (χ0) is 14.1. The Hall–Kier alpha value is -2.20. The summed E-state index contributed by atoms with van der Waals surface area (Å²) in [6.45, 7) is 4.14. The van der Waals surface area contributed by atoms with Gasteiger partial charge in [0.2, 0.25) is 0 Å². The molecule has 3 rings (SSSR count). The molecule has 0 spiro atoms. The van der Waals surface area contributed by atoms with Gasteiger partial charge in [-0.2, -0.15) is 0 Å². The molecule has 102 valence electrons. The van der Waals surface area contributed by atoms with Crippen molar-refractivity contribution in [2.45, 2.75) is 26.0 Å². The van der Waals surface area contributed by atoms with Gasteiger partial charge in [-0.15, -0.1) is 0 Å². The molecule has 0 saturated carbocycles. The van der Waals surface area contributed by atoms with Crippen LogP contribution in [0.3, 0.4) is 0 Å². The smallest absolute Gasteiger partial charge is 0.123 e. The van der Waals surface area contributed by atoms with E-state index in [2.05, 4.69) is 23.8 Å². The first-order chi connectivity index (χ1) is 9.68. The van der Waals surface area contributed by atoms with Gasteiger partial charge in [-0.1, -0.05) is 24.3 Å². The molecular weight excluding hydrogens is 250 g/mol. The Morgan fingerprint density at radius 1 is 1.05 bits per heavy atom. The summed E-state index contributed by atoms with van der Waals surface area (Å²) >= 11 is 0. The Morgan fingerprint density at radius 2 is 1.85 bits per heavy atom. The number of imidazole rings is 1. The van der Waals surface area contributed by atoms with Crippen molar-refractivity contribution >= 4 is 10.8 Å². The second-order valence-corrected chi connectivity index (χ2v) is 5.17. The van der Waals surface area contributed by atoms with Crippen molar-refractivity contribution in [3.05, 3.63) is 60.4 Å². The molecule has 1 aromatic carbocycles. The maximum absolute atomic E-state index is 10.7. The van der Waals surface area contributed by atoms with Gasteiger partial charge in [0.15, 0.2) is 0 Å². The van der Waals surface area contributed by atoms with Gasteiger partial charge in [-0.05, 0) is 19.2 Å². The Bertz CT molecular complexity index is 728. The maximum atomic E-state index is 10.7. The molecule has 4 heteroatoms. The highest BCUT2D eigenvalue weighted by Crippen LogP contribution is 2.28. The van der Waals surface area contributed by atoms with Gasteiger partial charge in [0, 0.05) is 29.4 Å². The Kier molecular flexibility index (Phi) is 3.24. The normalized spacial score (nSPS) is 13.0. The van der Waals surface area contributed by atoms with Crippen molar-refractivity contribution in [3.8, 4) is 0 Å². The van der Waals surface area contributed by atoms with Crippen LogP contribution >= 0.6 is 0 Å². The predicted octanol–water partition coefficient (Wildman–Crippen LogP) is 3.09. The fourth-order valence-electron chi connectivity index (χ4n) is 2.48. The van der Waals surface area contributed by atoms with Crippen LogP contribution in [0.5, 0.6) is 0 Å². The topological polar surface area (TPSA) is 50.9 Å². The summed E-state index contributed by atoms with van der Waals surface area (Å²) in [6, 6.07) is 8.20. The average Bonchev–Trinajstić information content (AvgIpc) is 2.95. The zero-order valence-corrected chi connectivity index (χ0v) is 11.6. The fraction of sp³-hybridized carbons (Fsp3) is 0.250. The number of hydrogen-bond acceptors (Lipinski definition) is 3. The van der Waals surface area contributed by atoms with Crippen molar-refractivity contribution in [1.29, 1.82) is 0 Å². The minimum Gasteiger partial charge on any atom is -0.382 e. The van der Waals surface area contributed by atoms with Gasteiger partial charge in [-0.25, -0.2) is 4.98 Å². The van der Waals surface area contributed by atoms with E-state index in [1.165, 1.54) is 0 Å². The second kappa shape index (κ2) is 5.06. The molecule has 3 aromatic rings. The van der Waals surface area contributed by atoms with Crippen LogP contribution in [0.15, 0.2) is 49.2 Å². The highest BCUT2D eigenvalue weighted by Gasteiger charge is 2.18. The van der Waals surface area contributed by atoms with Crippen LogP contribution in [0.2, 0.25) is 0 Å². The van der Waals surface area contributed by atoms with E-state index in [-0.39, 0.29) is 6.04 Å². The zero-order valence-electron chi connectivity index (χ0n) is 11.6. The minimum atomic E-state index is -0.724. The molecule has 1 atom stereocenters. The molecular formula is C16H17N3O. The van der Waals surface area contributed by atoms with E-state index in [1.54, 1.807) is 18.7 Å². The number of aliphatic hydroxyl groups excluding tert-OH is 1. The molecule has 0 aliphatic heterocycles. The van der Waals surface area contributed by atoms with Crippen LogP contribution in [0.4, 0.5) is 0 Å². The van der Waals surface area contributed by atoms with E-state index >= 15 is 0 Å². The molecule has 0 aliphatic rings. The average molecular weight is 267 g/mol. The van der Waals surface area contributed by atoms with E-state index in [9.17, 15) is 5.11 Å². The molecule has 0 saturated heterocycles. The number of rotatable bonds is 3. The van der Waals surface area contributed by atoms with Gasteiger partial charge < -0.3 is 9.67 Å². The summed E-state index contributed by atoms with van der Waals surface area (Å²) in [4.78, 5) is 8.38. The first-order valence-corrected chi connectivity index (χ1v) is 6.71. The molecule has 0 fully saturated rings.